The molecule has 0 saturated heterocycles. The summed E-state index contributed by atoms with van der Waals surface area (Å²) >= 11 is 0. The number of aromatic nitrogens is 1. The van der Waals surface area contributed by atoms with Gasteiger partial charge in [-0.2, -0.15) is 0 Å². The van der Waals surface area contributed by atoms with Crippen molar-refractivity contribution in [2.45, 2.75) is 13.0 Å². The van der Waals surface area contributed by atoms with Crippen LogP contribution in [0, 0.1) is 0 Å². The number of nitrogens with zero attached hydrogens (tertiary/aromatic N) is 2. The first-order chi connectivity index (χ1) is 7.38. The van der Waals surface area contributed by atoms with Gasteiger partial charge in [-0.1, -0.05) is 17.7 Å². The van der Waals surface area contributed by atoms with Crippen LogP contribution < -0.4 is 5.73 Å². The number of pyridine rings is 1. The average molecular weight is 203 g/mol. The zero-order chi connectivity index (χ0) is 10.5. The quantitative estimate of drug-likeness (QED) is 0.750. The topological polar surface area (TPSA) is 42.1 Å². The molecule has 3 nitrogen and oxygen atoms in total. The molecule has 0 saturated carbocycles. The maximum Gasteiger partial charge on any atom is 0.0312 e. The summed E-state index contributed by atoms with van der Waals surface area (Å²) in [7, 11) is 0. The maximum absolute atomic E-state index is 5.60. The lowest BCUT2D eigenvalue weighted by Gasteiger charge is -2.25. The molecular formula is C12H17N3. The molecule has 0 atom stereocenters. The monoisotopic (exact) mass is 203 g/mol. The number of hydrogen-bond donors (Lipinski definition) is 1. The lowest BCUT2D eigenvalue weighted by atomic mass is 10.1. The van der Waals surface area contributed by atoms with Crippen LogP contribution in [0.2, 0.25) is 0 Å². The molecule has 0 aliphatic carbocycles. The van der Waals surface area contributed by atoms with E-state index >= 15 is 0 Å². The Morgan fingerprint density at radius 2 is 2.40 bits per heavy atom. The molecule has 0 bridgehead atoms. The van der Waals surface area contributed by atoms with E-state index in [0.29, 0.717) is 6.54 Å². The van der Waals surface area contributed by atoms with Gasteiger partial charge in [0.2, 0.25) is 0 Å². The maximum atomic E-state index is 5.60. The van der Waals surface area contributed by atoms with E-state index in [4.69, 9.17) is 5.73 Å². The van der Waals surface area contributed by atoms with Crippen molar-refractivity contribution in [1.82, 2.24) is 9.88 Å². The van der Waals surface area contributed by atoms with Gasteiger partial charge in [0.1, 0.15) is 0 Å². The van der Waals surface area contributed by atoms with Crippen LogP contribution in [0.15, 0.2) is 36.2 Å². The fourth-order valence-electron chi connectivity index (χ4n) is 1.83. The molecule has 15 heavy (non-hydrogen) atoms. The highest BCUT2D eigenvalue weighted by Gasteiger charge is 2.10. The summed E-state index contributed by atoms with van der Waals surface area (Å²) < 4.78 is 0. The van der Waals surface area contributed by atoms with Crippen molar-refractivity contribution in [2.24, 2.45) is 5.73 Å². The normalized spacial score (nSPS) is 17.5. The Morgan fingerprint density at radius 1 is 1.47 bits per heavy atom. The predicted molar refractivity (Wildman–Crippen MR) is 61.3 cm³/mol. The van der Waals surface area contributed by atoms with Crippen LogP contribution in [0.1, 0.15) is 12.0 Å². The second-order valence-electron chi connectivity index (χ2n) is 3.91. The lowest BCUT2D eigenvalue weighted by molar-refractivity contribution is 0.285. The van der Waals surface area contributed by atoms with E-state index in [-0.39, 0.29) is 0 Å². The summed E-state index contributed by atoms with van der Waals surface area (Å²) in [6.45, 7) is 3.82. The van der Waals surface area contributed by atoms with E-state index in [1.807, 2.05) is 18.5 Å². The van der Waals surface area contributed by atoms with Crippen molar-refractivity contribution in [3.63, 3.8) is 0 Å². The summed E-state index contributed by atoms with van der Waals surface area (Å²) in [5.41, 5.74) is 8.27. The third-order valence-electron chi connectivity index (χ3n) is 2.78. The van der Waals surface area contributed by atoms with Gasteiger partial charge in [0.25, 0.3) is 0 Å². The highest BCUT2D eigenvalue weighted by Crippen LogP contribution is 2.12. The van der Waals surface area contributed by atoms with Gasteiger partial charge in [0.05, 0.1) is 0 Å². The van der Waals surface area contributed by atoms with Crippen molar-refractivity contribution in [1.29, 1.82) is 0 Å². The predicted octanol–water partition coefficient (Wildman–Crippen LogP) is 1.17. The fraction of sp³-hybridized carbons (Fsp3) is 0.417. The highest BCUT2D eigenvalue weighted by atomic mass is 15.1. The fourth-order valence-corrected chi connectivity index (χ4v) is 1.83. The van der Waals surface area contributed by atoms with E-state index < -0.39 is 0 Å². The molecule has 2 N–H and O–H groups in total. The van der Waals surface area contributed by atoms with Crippen molar-refractivity contribution >= 4 is 0 Å². The van der Waals surface area contributed by atoms with Crippen molar-refractivity contribution < 1.29 is 0 Å². The third kappa shape index (κ3) is 2.88. The van der Waals surface area contributed by atoms with Crippen LogP contribution in [-0.4, -0.2) is 29.5 Å². The van der Waals surface area contributed by atoms with E-state index in [0.717, 1.165) is 26.1 Å². The van der Waals surface area contributed by atoms with Gasteiger partial charge in [0.15, 0.2) is 0 Å². The molecule has 1 aromatic rings. The van der Waals surface area contributed by atoms with Gasteiger partial charge in [-0.25, -0.2) is 0 Å². The minimum absolute atomic E-state index is 0.709. The molecule has 0 fully saturated rings. The first kappa shape index (κ1) is 10.3. The molecule has 0 amide bonds. The summed E-state index contributed by atoms with van der Waals surface area (Å²) in [6.07, 6.45) is 7.10. The second kappa shape index (κ2) is 5.05. The smallest absolute Gasteiger partial charge is 0.0312 e. The van der Waals surface area contributed by atoms with Crippen molar-refractivity contribution in [3.8, 4) is 0 Å². The van der Waals surface area contributed by atoms with E-state index in [1.165, 1.54) is 11.1 Å². The van der Waals surface area contributed by atoms with Gasteiger partial charge in [-0.05, 0) is 18.1 Å². The zero-order valence-corrected chi connectivity index (χ0v) is 8.89. The van der Waals surface area contributed by atoms with Crippen LogP contribution in [0.3, 0.4) is 0 Å². The first-order valence-electron chi connectivity index (χ1n) is 5.37. The second-order valence-corrected chi connectivity index (χ2v) is 3.91. The third-order valence-corrected chi connectivity index (χ3v) is 2.78. The number of rotatable bonds is 3. The van der Waals surface area contributed by atoms with Crippen LogP contribution in [-0.2, 0) is 6.54 Å². The van der Waals surface area contributed by atoms with Crippen molar-refractivity contribution in [2.75, 3.05) is 19.6 Å². The van der Waals surface area contributed by atoms with Gasteiger partial charge in [0, 0.05) is 38.6 Å². The van der Waals surface area contributed by atoms with Gasteiger partial charge < -0.3 is 5.73 Å². The molecular weight excluding hydrogens is 186 g/mol. The van der Waals surface area contributed by atoms with Gasteiger partial charge in [-0.3, -0.25) is 9.88 Å². The molecule has 2 rings (SSSR count). The summed E-state index contributed by atoms with van der Waals surface area (Å²) in [5.74, 6) is 0. The zero-order valence-electron chi connectivity index (χ0n) is 8.89. The first-order valence-corrected chi connectivity index (χ1v) is 5.37. The Morgan fingerprint density at radius 3 is 3.00 bits per heavy atom. The van der Waals surface area contributed by atoms with Crippen LogP contribution >= 0.6 is 0 Å². The van der Waals surface area contributed by atoms with Gasteiger partial charge in [-0.15, -0.1) is 0 Å². The van der Waals surface area contributed by atoms with Crippen LogP contribution in [0.25, 0.3) is 0 Å². The van der Waals surface area contributed by atoms with Crippen molar-refractivity contribution in [3.05, 3.63) is 41.7 Å². The number of hydrogen-bond acceptors (Lipinski definition) is 3. The average Bonchev–Trinajstić information content (AvgIpc) is 2.31. The summed E-state index contributed by atoms with van der Waals surface area (Å²) in [6, 6.07) is 4.11. The molecule has 80 valence electrons. The Balaban J connectivity index is 1.90. The summed E-state index contributed by atoms with van der Waals surface area (Å²) in [4.78, 5) is 6.53. The molecule has 0 unspecified atom stereocenters. The Kier molecular flexibility index (Phi) is 3.48. The van der Waals surface area contributed by atoms with Crippen LogP contribution in [0.4, 0.5) is 0 Å². The molecule has 3 heteroatoms. The standard InChI is InChI=1S/C12H17N3/c13-8-11-3-6-15(7-4-11)10-12-2-1-5-14-9-12/h1-3,5,9H,4,6-8,10,13H2. The van der Waals surface area contributed by atoms with E-state index in [2.05, 4.69) is 22.0 Å². The SMILES string of the molecule is NCC1=CCN(Cc2cccnc2)CC1. The van der Waals surface area contributed by atoms with Gasteiger partial charge >= 0.3 is 0 Å². The molecule has 0 aromatic carbocycles. The van der Waals surface area contributed by atoms with Crippen LogP contribution in [0.5, 0.6) is 0 Å². The Labute approximate surface area is 90.6 Å². The minimum atomic E-state index is 0.709. The van der Waals surface area contributed by atoms with E-state index in [9.17, 15) is 0 Å². The molecule has 1 aliphatic rings. The lowest BCUT2D eigenvalue weighted by Crippen LogP contribution is -2.29. The molecule has 1 aliphatic heterocycles. The summed E-state index contributed by atoms with van der Waals surface area (Å²) in [5, 5.41) is 0. The Hall–Kier alpha value is -1.19. The molecule has 1 aromatic heterocycles. The molecule has 2 heterocycles. The molecule has 0 radical (unpaired) electrons. The number of nitrogens with two attached hydrogens (primary N) is 1. The largest absolute Gasteiger partial charge is 0.327 e. The molecule has 0 spiro atoms. The van der Waals surface area contributed by atoms with E-state index in [1.54, 1.807) is 0 Å². The minimum Gasteiger partial charge on any atom is -0.327 e. The highest BCUT2D eigenvalue weighted by molar-refractivity contribution is 5.12. The Bertz CT molecular complexity index is 332.